The molecule has 0 heterocycles. The number of rotatable bonds is 34. The molecule has 290 valence electrons. The summed E-state index contributed by atoms with van der Waals surface area (Å²) in [4.78, 5) is 26.2. The van der Waals surface area contributed by atoms with Gasteiger partial charge in [0, 0.05) is 0 Å². The molecule has 0 aliphatic carbocycles. The molecular weight excluding hydrogens is 624 g/mol. The molecule has 1 rings (SSSR count). The number of hydrogen-bond donors (Lipinski definition) is 2. The molecular formula is C44H78O6. The van der Waals surface area contributed by atoms with Crippen molar-refractivity contribution in [2.75, 3.05) is 13.2 Å². The first kappa shape index (κ1) is 46.1. The normalized spacial score (nSPS) is 12.0. The van der Waals surface area contributed by atoms with Crippen LogP contribution in [0.1, 0.15) is 228 Å². The van der Waals surface area contributed by atoms with E-state index in [4.69, 9.17) is 9.47 Å². The summed E-state index contributed by atoms with van der Waals surface area (Å²) in [5.41, 5.74) is -1.03. The van der Waals surface area contributed by atoms with Gasteiger partial charge in [-0.1, -0.05) is 168 Å². The minimum Gasteiger partial charge on any atom is -0.462 e. The lowest BCUT2D eigenvalue weighted by molar-refractivity contribution is -0.000161. The second-order valence-corrected chi connectivity index (χ2v) is 15.1. The third kappa shape index (κ3) is 22.1. The van der Waals surface area contributed by atoms with Crippen LogP contribution in [0.2, 0.25) is 0 Å². The molecule has 6 heteroatoms. The summed E-state index contributed by atoms with van der Waals surface area (Å²) in [6, 6.07) is 6.67. The Balaban J connectivity index is 2.64. The monoisotopic (exact) mass is 703 g/mol. The molecule has 0 saturated heterocycles. The fraction of sp³-hybridized carbons (Fsp3) is 0.818. The Morgan fingerprint density at radius 1 is 0.440 bits per heavy atom. The van der Waals surface area contributed by atoms with Crippen molar-refractivity contribution in [1.82, 2.24) is 0 Å². The molecule has 0 amide bonds. The van der Waals surface area contributed by atoms with E-state index in [2.05, 4.69) is 27.7 Å². The van der Waals surface area contributed by atoms with Crippen molar-refractivity contribution in [3.8, 4) is 0 Å². The first-order valence-corrected chi connectivity index (χ1v) is 21.1. The largest absolute Gasteiger partial charge is 0.462 e. The van der Waals surface area contributed by atoms with E-state index in [1.54, 1.807) is 24.3 Å². The third-order valence-corrected chi connectivity index (χ3v) is 10.4. The number of esters is 2. The van der Waals surface area contributed by atoms with Crippen LogP contribution in [0.25, 0.3) is 0 Å². The van der Waals surface area contributed by atoms with E-state index in [9.17, 15) is 19.8 Å². The van der Waals surface area contributed by atoms with Gasteiger partial charge in [0.05, 0.1) is 35.5 Å². The first-order chi connectivity index (χ1) is 24.2. The highest BCUT2D eigenvalue weighted by Crippen LogP contribution is 2.29. The molecule has 0 radical (unpaired) electrons. The highest BCUT2D eigenvalue weighted by molar-refractivity contribution is 6.03. The predicted octanol–water partition coefficient (Wildman–Crippen LogP) is 12.5. The molecule has 0 saturated carbocycles. The topological polar surface area (TPSA) is 93.1 Å². The van der Waals surface area contributed by atoms with E-state index in [0.717, 1.165) is 77.0 Å². The minimum absolute atomic E-state index is 0.200. The van der Waals surface area contributed by atoms with Gasteiger partial charge in [0.25, 0.3) is 0 Å². The lowest BCUT2D eigenvalue weighted by atomic mass is 9.86. The summed E-state index contributed by atoms with van der Waals surface area (Å²) in [6.45, 7) is 9.25. The van der Waals surface area contributed by atoms with Crippen LogP contribution in [0.4, 0.5) is 0 Å². The highest BCUT2D eigenvalue weighted by Gasteiger charge is 2.27. The number of carbonyl (C=O) groups excluding carboxylic acids is 2. The number of hydrogen-bond acceptors (Lipinski definition) is 6. The molecule has 6 nitrogen and oxygen atoms in total. The maximum Gasteiger partial charge on any atom is 0.339 e. The van der Waals surface area contributed by atoms with Crippen LogP contribution in [-0.2, 0) is 9.47 Å². The second kappa shape index (κ2) is 29.6. The zero-order valence-corrected chi connectivity index (χ0v) is 33.1. The Bertz CT molecular complexity index is 870. The van der Waals surface area contributed by atoms with Gasteiger partial charge >= 0.3 is 11.9 Å². The lowest BCUT2D eigenvalue weighted by Gasteiger charge is -2.29. The average molecular weight is 703 g/mol. The maximum atomic E-state index is 13.1. The van der Waals surface area contributed by atoms with Crippen LogP contribution < -0.4 is 0 Å². The molecule has 0 unspecified atom stereocenters. The van der Waals surface area contributed by atoms with Gasteiger partial charge in [-0.2, -0.15) is 0 Å². The Hall–Kier alpha value is -1.92. The van der Waals surface area contributed by atoms with Crippen LogP contribution in [0, 0.1) is 0 Å². The molecule has 0 aromatic heterocycles. The number of carbonyl (C=O) groups is 2. The van der Waals surface area contributed by atoms with Crippen molar-refractivity contribution in [2.24, 2.45) is 0 Å². The Labute approximate surface area is 307 Å². The van der Waals surface area contributed by atoms with Crippen LogP contribution in [-0.4, -0.2) is 46.6 Å². The van der Waals surface area contributed by atoms with Gasteiger partial charge in [-0.15, -0.1) is 0 Å². The molecule has 0 aliphatic heterocycles. The second-order valence-electron chi connectivity index (χ2n) is 15.1. The van der Waals surface area contributed by atoms with E-state index < -0.39 is 23.1 Å². The average Bonchev–Trinajstić information content (AvgIpc) is 3.11. The fourth-order valence-electron chi connectivity index (χ4n) is 7.11. The van der Waals surface area contributed by atoms with Gasteiger partial charge in [0.1, 0.15) is 0 Å². The number of ether oxygens (including phenoxy) is 2. The molecule has 0 atom stereocenters. The van der Waals surface area contributed by atoms with E-state index in [1.807, 2.05) is 0 Å². The van der Waals surface area contributed by atoms with Gasteiger partial charge in [-0.3, -0.25) is 0 Å². The van der Waals surface area contributed by atoms with Gasteiger partial charge in [-0.25, -0.2) is 9.59 Å². The molecule has 0 fully saturated rings. The molecule has 2 N–H and O–H groups in total. The van der Waals surface area contributed by atoms with Crippen LogP contribution in [0.5, 0.6) is 0 Å². The van der Waals surface area contributed by atoms with Crippen molar-refractivity contribution in [2.45, 2.75) is 219 Å². The summed E-state index contributed by atoms with van der Waals surface area (Å²) >= 11 is 0. The molecule has 0 aliphatic rings. The zero-order valence-electron chi connectivity index (χ0n) is 33.1. The first-order valence-electron chi connectivity index (χ1n) is 21.1. The predicted molar refractivity (Wildman–Crippen MR) is 209 cm³/mol. The van der Waals surface area contributed by atoms with E-state index in [0.29, 0.717) is 25.7 Å². The van der Waals surface area contributed by atoms with Crippen LogP contribution in [0.3, 0.4) is 0 Å². The third-order valence-electron chi connectivity index (χ3n) is 10.4. The highest BCUT2D eigenvalue weighted by atomic mass is 16.5. The van der Waals surface area contributed by atoms with E-state index in [-0.39, 0.29) is 24.3 Å². The number of benzene rings is 1. The Kier molecular flexibility index (Phi) is 27.3. The summed E-state index contributed by atoms with van der Waals surface area (Å²) in [6.07, 6.45) is 28.9. The zero-order chi connectivity index (χ0) is 36.8. The van der Waals surface area contributed by atoms with Crippen molar-refractivity contribution in [1.29, 1.82) is 0 Å². The number of unbranched alkanes of at least 4 members (excludes halogenated alkanes) is 16. The molecule has 0 spiro atoms. The molecule has 0 bridgehead atoms. The van der Waals surface area contributed by atoms with Crippen molar-refractivity contribution in [3.05, 3.63) is 35.4 Å². The SMILES string of the molecule is CCCCCCCC(O)(CCCCCCC)CCCOC(=O)c1ccccc1C(=O)OCCCC(O)(CCCCCCC)CCCCCCC. The molecule has 1 aromatic rings. The van der Waals surface area contributed by atoms with Gasteiger partial charge in [-0.05, 0) is 63.5 Å². The summed E-state index contributed by atoms with van der Waals surface area (Å²) in [5.74, 6) is -1.08. The fourth-order valence-corrected chi connectivity index (χ4v) is 7.11. The van der Waals surface area contributed by atoms with E-state index in [1.165, 1.54) is 77.0 Å². The maximum absolute atomic E-state index is 13.1. The summed E-state index contributed by atoms with van der Waals surface area (Å²) < 4.78 is 11.3. The van der Waals surface area contributed by atoms with Crippen molar-refractivity contribution < 1.29 is 29.3 Å². The van der Waals surface area contributed by atoms with Gasteiger partial charge < -0.3 is 19.7 Å². The molecule has 50 heavy (non-hydrogen) atoms. The Morgan fingerprint density at radius 2 is 0.700 bits per heavy atom. The number of aliphatic hydroxyl groups is 2. The Morgan fingerprint density at radius 3 is 0.980 bits per heavy atom. The minimum atomic E-state index is -0.719. The quantitative estimate of drug-likeness (QED) is 0.0548. The smallest absolute Gasteiger partial charge is 0.339 e. The van der Waals surface area contributed by atoms with Crippen LogP contribution >= 0.6 is 0 Å². The standard InChI is InChI=1S/C44H78O6/c1-5-9-13-17-23-31-43(47,32-24-18-14-10-6-2)35-27-37-49-41(45)39-29-21-22-30-40(39)42(46)50-38-28-36-44(48,33-25-19-15-11-7-3)34-26-20-16-12-8-4/h21-22,29-30,47-48H,5-20,23-28,31-38H2,1-4H3. The summed E-state index contributed by atoms with van der Waals surface area (Å²) in [5, 5.41) is 23.0. The van der Waals surface area contributed by atoms with Crippen molar-refractivity contribution in [3.63, 3.8) is 0 Å². The molecule has 1 aromatic carbocycles. The lowest BCUT2D eigenvalue weighted by Crippen LogP contribution is -2.29. The van der Waals surface area contributed by atoms with Crippen LogP contribution in [0.15, 0.2) is 24.3 Å². The van der Waals surface area contributed by atoms with Gasteiger partial charge in [0.15, 0.2) is 0 Å². The van der Waals surface area contributed by atoms with Gasteiger partial charge in [0.2, 0.25) is 0 Å². The summed E-state index contributed by atoms with van der Waals surface area (Å²) in [7, 11) is 0. The van der Waals surface area contributed by atoms with Crippen molar-refractivity contribution >= 4 is 11.9 Å². The van der Waals surface area contributed by atoms with E-state index >= 15 is 0 Å².